The minimum absolute atomic E-state index is 0.0787. The molecule has 0 unspecified atom stereocenters. The lowest BCUT2D eigenvalue weighted by atomic mass is 10.2. The van der Waals surface area contributed by atoms with Crippen molar-refractivity contribution in [2.24, 2.45) is 5.92 Å². The second-order valence-corrected chi connectivity index (χ2v) is 7.66. The lowest BCUT2D eigenvalue weighted by Gasteiger charge is -2.15. The number of carbonyl (C=O) groups is 1. The zero-order valence-corrected chi connectivity index (χ0v) is 17.0. The van der Waals surface area contributed by atoms with Gasteiger partial charge in [-0.05, 0) is 43.4 Å². The van der Waals surface area contributed by atoms with Gasteiger partial charge in [0.1, 0.15) is 17.3 Å². The quantitative estimate of drug-likeness (QED) is 0.596. The van der Waals surface area contributed by atoms with Crippen molar-refractivity contribution in [3.63, 3.8) is 0 Å². The van der Waals surface area contributed by atoms with E-state index in [0.29, 0.717) is 18.0 Å². The first-order chi connectivity index (χ1) is 14.9. The molecule has 162 valence electrons. The first kappa shape index (κ1) is 20.6. The van der Waals surface area contributed by atoms with Crippen LogP contribution in [0.3, 0.4) is 0 Å². The Labute approximate surface area is 176 Å². The van der Waals surface area contributed by atoms with Crippen LogP contribution in [-0.4, -0.2) is 24.8 Å². The average molecular weight is 426 g/mol. The third kappa shape index (κ3) is 4.27. The third-order valence-corrected chi connectivity index (χ3v) is 5.29. The number of nitrogens with zero attached hydrogens (tertiary/aromatic N) is 4. The van der Waals surface area contributed by atoms with E-state index in [2.05, 4.69) is 10.4 Å². The van der Waals surface area contributed by atoms with Crippen molar-refractivity contribution in [1.82, 2.24) is 18.9 Å². The number of amides is 1. The van der Waals surface area contributed by atoms with E-state index >= 15 is 0 Å². The van der Waals surface area contributed by atoms with Gasteiger partial charge in [-0.1, -0.05) is 12.1 Å². The number of rotatable bonds is 7. The van der Waals surface area contributed by atoms with Gasteiger partial charge in [0.15, 0.2) is 0 Å². The van der Waals surface area contributed by atoms with Crippen molar-refractivity contribution in [3.05, 3.63) is 74.4 Å². The zero-order chi connectivity index (χ0) is 22.1. The van der Waals surface area contributed by atoms with Gasteiger partial charge in [-0.3, -0.25) is 23.4 Å². The molecule has 3 aromatic rings. The van der Waals surface area contributed by atoms with Crippen molar-refractivity contribution in [2.75, 3.05) is 11.1 Å². The van der Waals surface area contributed by atoms with Crippen LogP contribution in [0.1, 0.15) is 35.7 Å². The minimum Gasteiger partial charge on any atom is -0.383 e. The molecule has 1 aliphatic rings. The highest BCUT2D eigenvalue weighted by molar-refractivity contribution is 6.05. The van der Waals surface area contributed by atoms with E-state index in [-0.39, 0.29) is 36.0 Å². The van der Waals surface area contributed by atoms with Crippen molar-refractivity contribution in [3.8, 4) is 0 Å². The van der Waals surface area contributed by atoms with Gasteiger partial charge in [-0.15, -0.1) is 0 Å². The first-order valence-electron chi connectivity index (χ1n) is 10.1. The summed E-state index contributed by atoms with van der Waals surface area (Å²) in [5.74, 6) is -0.714. The molecule has 4 rings (SSSR count). The van der Waals surface area contributed by atoms with E-state index in [0.717, 1.165) is 17.4 Å². The number of halogens is 1. The van der Waals surface area contributed by atoms with Crippen LogP contribution in [0.4, 0.5) is 15.9 Å². The number of nitrogen functional groups attached to an aromatic ring is 1. The second kappa shape index (κ2) is 8.21. The van der Waals surface area contributed by atoms with Crippen LogP contribution in [0.2, 0.25) is 0 Å². The van der Waals surface area contributed by atoms with Crippen LogP contribution in [0, 0.1) is 11.7 Å². The Balaban J connectivity index is 1.59. The molecule has 1 saturated carbocycles. The van der Waals surface area contributed by atoms with Crippen molar-refractivity contribution in [1.29, 1.82) is 0 Å². The topological polar surface area (TPSA) is 117 Å². The summed E-state index contributed by atoms with van der Waals surface area (Å²) in [6.07, 6.45) is 4.78. The van der Waals surface area contributed by atoms with Gasteiger partial charge in [0.05, 0.1) is 18.3 Å². The second-order valence-electron chi connectivity index (χ2n) is 7.66. The fourth-order valence-electron chi connectivity index (χ4n) is 3.43. The van der Waals surface area contributed by atoms with Crippen LogP contribution in [-0.2, 0) is 19.6 Å². The van der Waals surface area contributed by atoms with E-state index in [4.69, 9.17) is 5.73 Å². The molecule has 0 saturated heterocycles. The molecule has 10 heteroatoms. The highest BCUT2D eigenvalue weighted by atomic mass is 19.1. The monoisotopic (exact) mass is 426 g/mol. The van der Waals surface area contributed by atoms with Gasteiger partial charge in [-0.2, -0.15) is 5.10 Å². The Morgan fingerprint density at radius 3 is 2.74 bits per heavy atom. The van der Waals surface area contributed by atoms with Gasteiger partial charge in [0.2, 0.25) is 0 Å². The van der Waals surface area contributed by atoms with Crippen LogP contribution in [0.25, 0.3) is 0 Å². The molecule has 3 N–H and O–H groups in total. The highest BCUT2D eigenvalue weighted by Crippen LogP contribution is 2.30. The summed E-state index contributed by atoms with van der Waals surface area (Å²) in [4.78, 5) is 38.2. The summed E-state index contributed by atoms with van der Waals surface area (Å²) in [5, 5.41) is 6.67. The van der Waals surface area contributed by atoms with E-state index in [1.807, 2.05) is 0 Å². The maximum absolute atomic E-state index is 13.4. The zero-order valence-electron chi connectivity index (χ0n) is 17.0. The molecular formula is C21H23FN6O3. The van der Waals surface area contributed by atoms with Gasteiger partial charge in [-0.25, -0.2) is 9.18 Å². The molecule has 2 aromatic heterocycles. The van der Waals surface area contributed by atoms with Gasteiger partial charge >= 0.3 is 5.69 Å². The van der Waals surface area contributed by atoms with Gasteiger partial charge in [0, 0.05) is 19.3 Å². The Kier molecular flexibility index (Phi) is 5.45. The maximum Gasteiger partial charge on any atom is 0.332 e. The molecule has 0 radical (unpaired) electrons. The Hall–Kier alpha value is -3.69. The van der Waals surface area contributed by atoms with Gasteiger partial charge < -0.3 is 11.1 Å². The molecule has 1 amide bonds. The fraction of sp³-hybridized carbons (Fsp3) is 0.333. The van der Waals surface area contributed by atoms with Crippen LogP contribution < -0.4 is 22.3 Å². The molecule has 9 nitrogen and oxygen atoms in total. The molecule has 0 atom stereocenters. The van der Waals surface area contributed by atoms with E-state index in [9.17, 15) is 18.8 Å². The van der Waals surface area contributed by atoms with E-state index < -0.39 is 17.2 Å². The molecule has 0 bridgehead atoms. The number of nitrogens with two attached hydrogens (primary N) is 1. The lowest BCUT2D eigenvalue weighted by Crippen LogP contribution is -2.43. The largest absolute Gasteiger partial charge is 0.383 e. The summed E-state index contributed by atoms with van der Waals surface area (Å²) in [6.45, 7) is 2.60. The summed E-state index contributed by atoms with van der Waals surface area (Å²) < 4.78 is 17.3. The number of anilines is 2. The van der Waals surface area contributed by atoms with Crippen molar-refractivity contribution < 1.29 is 9.18 Å². The number of nitrogens with one attached hydrogen (secondary N) is 1. The molecule has 31 heavy (non-hydrogen) atoms. The average Bonchev–Trinajstić information content (AvgIpc) is 3.44. The van der Waals surface area contributed by atoms with Crippen LogP contribution in [0.5, 0.6) is 0 Å². The predicted octanol–water partition coefficient (Wildman–Crippen LogP) is 1.66. The molecule has 1 fully saturated rings. The number of benzene rings is 1. The maximum atomic E-state index is 13.4. The summed E-state index contributed by atoms with van der Waals surface area (Å²) in [5.41, 5.74) is 5.73. The summed E-state index contributed by atoms with van der Waals surface area (Å²) in [7, 11) is 0. The Morgan fingerprint density at radius 1 is 1.29 bits per heavy atom. The Morgan fingerprint density at radius 2 is 2.06 bits per heavy atom. The number of hydrogen-bond donors (Lipinski definition) is 2. The minimum atomic E-state index is -0.611. The molecule has 1 aromatic carbocycles. The van der Waals surface area contributed by atoms with E-state index in [1.165, 1.54) is 33.8 Å². The number of carbonyl (C=O) groups excluding carboxylic acids is 1. The van der Waals surface area contributed by atoms with E-state index in [1.54, 1.807) is 19.1 Å². The van der Waals surface area contributed by atoms with Crippen molar-refractivity contribution >= 4 is 17.4 Å². The SMILES string of the molecule is CCn1c(N)c(NC(=O)c2cnn(Cc3cccc(F)c3)c2)c(=O)n(CC2CC2)c1=O. The van der Waals surface area contributed by atoms with Crippen LogP contribution in [0.15, 0.2) is 46.2 Å². The first-order valence-corrected chi connectivity index (χ1v) is 10.1. The smallest absolute Gasteiger partial charge is 0.332 e. The molecular weight excluding hydrogens is 403 g/mol. The van der Waals surface area contributed by atoms with Crippen molar-refractivity contribution in [2.45, 2.75) is 39.4 Å². The molecule has 2 heterocycles. The standard InChI is InChI=1S/C21H23FN6O3/c1-2-27-18(23)17(20(30)28(21(27)31)11-13-6-7-13)25-19(29)15-9-24-26(12-15)10-14-4-3-5-16(22)8-14/h3-5,8-9,12-13H,2,6-7,10-11,23H2,1H3,(H,25,29). The fourth-order valence-corrected chi connectivity index (χ4v) is 3.43. The summed E-state index contributed by atoms with van der Waals surface area (Å²) >= 11 is 0. The van der Waals surface area contributed by atoms with Crippen LogP contribution >= 0.6 is 0 Å². The Bertz CT molecular complexity index is 1250. The molecule has 0 spiro atoms. The number of aromatic nitrogens is 4. The molecule has 1 aliphatic carbocycles. The normalized spacial score (nSPS) is 13.4. The lowest BCUT2D eigenvalue weighted by molar-refractivity contribution is 0.102. The summed E-state index contributed by atoms with van der Waals surface area (Å²) in [6, 6.07) is 6.08. The highest BCUT2D eigenvalue weighted by Gasteiger charge is 2.26. The number of hydrogen-bond acceptors (Lipinski definition) is 5. The predicted molar refractivity (Wildman–Crippen MR) is 113 cm³/mol. The third-order valence-electron chi connectivity index (χ3n) is 5.29. The molecule has 0 aliphatic heterocycles. The van der Waals surface area contributed by atoms with Gasteiger partial charge in [0.25, 0.3) is 11.5 Å².